The summed E-state index contributed by atoms with van der Waals surface area (Å²) in [6, 6.07) is 11.0. The highest BCUT2D eigenvalue weighted by Crippen LogP contribution is 2.24. The molecule has 0 saturated heterocycles. The van der Waals surface area contributed by atoms with Gasteiger partial charge in [-0.2, -0.15) is 0 Å². The molecule has 2 aromatic carbocycles. The van der Waals surface area contributed by atoms with Crippen LogP contribution in [0, 0.1) is 13.8 Å². The zero-order valence-electron chi connectivity index (χ0n) is 13.7. The summed E-state index contributed by atoms with van der Waals surface area (Å²) in [5.41, 5.74) is 9.20. The molecule has 0 fully saturated rings. The Morgan fingerprint density at radius 3 is 2.65 bits per heavy atom. The SMILES string of the molecule is COc1ccc(NC(=O)CCOc2cccc(C)c2C)cc1N. The summed E-state index contributed by atoms with van der Waals surface area (Å²) in [4.78, 5) is 12.0. The number of aryl methyl sites for hydroxylation is 1. The molecule has 1 amide bonds. The van der Waals surface area contributed by atoms with Gasteiger partial charge in [-0.3, -0.25) is 4.79 Å². The van der Waals surface area contributed by atoms with Gasteiger partial charge in [-0.05, 0) is 49.2 Å². The second-order valence-electron chi connectivity index (χ2n) is 5.30. The Hall–Kier alpha value is -2.69. The lowest BCUT2D eigenvalue weighted by molar-refractivity contribution is -0.116. The van der Waals surface area contributed by atoms with Crippen molar-refractivity contribution in [2.75, 3.05) is 24.8 Å². The molecule has 0 aliphatic heterocycles. The quantitative estimate of drug-likeness (QED) is 0.802. The van der Waals surface area contributed by atoms with Crippen molar-refractivity contribution in [3.63, 3.8) is 0 Å². The summed E-state index contributed by atoms with van der Waals surface area (Å²) in [6.45, 7) is 4.36. The van der Waals surface area contributed by atoms with E-state index in [1.54, 1.807) is 25.3 Å². The number of nitrogen functional groups attached to an aromatic ring is 1. The third-order valence-electron chi connectivity index (χ3n) is 3.66. The molecular weight excluding hydrogens is 292 g/mol. The fraction of sp³-hybridized carbons (Fsp3) is 0.278. The Kier molecular flexibility index (Phi) is 5.46. The highest BCUT2D eigenvalue weighted by atomic mass is 16.5. The number of nitrogens with two attached hydrogens (primary N) is 1. The Labute approximate surface area is 136 Å². The summed E-state index contributed by atoms with van der Waals surface area (Å²) in [5.74, 6) is 1.27. The zero-order chi connectivity index (χ0) is 16.8. The number of rotatable bonds is 6. The Morgan fingerprint density at radius 1 is 1.17 bits per heavy atom. The molecule has 2 aromatic rings. The van der Waals surface area contributed by atoms with E-state index in [-0.39, 0.29) is 12.3 Å². The van der Waals surface area contributed by atoms with Crippen LogP contribution in [0.2, 0.25) is 0 Å². The predicted octanol–water partition coefficient (Wildman–Crippen LogP) is 3.30. The third-order valence-corrected chi connectivity index (χ3v) is 3.66. The van der Waals surface area contributed by atoms with Crippen molar-refractivity contribution in [1.29, 1.82) is 0 Å². The third kappa shape index (κ3) is 4.39. The highest BCUT2D eigenvalue weighted by molar-refractivity contribution is 5.91. The van der Waals surface area contributed by atoms with Crippen molar-refractivity contribution in [1.82, 2.24) is 0 Å². The van der Waals surface area contributed by atoms with Gasteiger partial charge in [0.25, 0.3) is 0 Å². The van der Waals surface area contributed by atoms with E-state index in [0.29, 0.717) is 23.7 Å². The van der Waals surface area contributed by atoms with Crippen molar-refractivity contribution in [3.8, 4) is 11.5 Å². The minimum atomic E-state index is -0.125. The fourth-order valence-corrected chi connectivity index (χ4v) is 2.17. The molecule has 0 saturated carbocycles. The van der Waals surface area contributed by atoms with Crippen LogP contribution in [0.5, 0.6) is 11.5 Å². The van der Waals surface area contributed by atoms with E-state index in [4.69, 9.17) is 15.2 Å². The number of benzene rings is 2. The zero-order valence-corrected chi connectivity index (χ0v) is 13.7. The minimum Gasteiger partial charge on any atom is -0.495 e. The lowest BCUT2D eigenvalue weighted by atomic mass is 10.1. The van der Waals surface area contributed by atoms with E-state index < -0.39 is 0 Å². The van der Waals surface area contributed by atoms with E-state index in [1.165, 1.54) is 5.56 Å². The van der Waals surface area contributed by atoms with Gasteiger partial charge in [0.1, 0.15) is 11.5 Å². The van der Waals surface area contributed by atoms with Gasteiger partial charge in [-0.25, -0.2) is 0 Å². The van der Waals surface area contributed by atoms with Crippen LogP contribution in [0.4, 0.5) is 11.4 Å². The topological polar surface area (TPSA) is 73.6 Å². The number of amides is 1. The van der Waals surface area contributed by atoms with Gasteiger partial charge in [0.05, 0.1) is 25.8 Å². The summed E-state index contributed by atoms with van der Waals surface area (Å²) < 4.78 is 10.8. The van der Waals surface area contributed by atoms with Gasteiger partial charge in [-0.15, -0.1) is 0 Å². The fourth-order valence-electron chi connectivity index (χ4n) is 2.17. The average Bonchev–Trinajstić information content (AvgIpc) is 2.51. The number of carbonyl (C=O) groups excluding carboxylic acids is 1. The normalized spacial score (nSPS) is 10.2. The molecule has 2 rings (SSSR count). The first-order valence-electron chi connectivity index (χ1n) is 7.43. The molecule has 5 nitrogen and oxygen atoms in total. The van der Waals surface area contributed by atoms with Crippen LogP contribution in [0.25, 0.3) is 0 Å². The van der Waals surface area contributed by atoms with Crippen molar-refractivity contribution in [2.24, 2.45) is 0 Å². The van der Waals surface area contributed by atoms with Crippen molar-refractivity contribution in [2.45, 2.75) is 20.3 Å². The van der Waals surface area contributed by atoms with Crippen LogP contribution in [-0.2, 0) is 4.79 Å². The Balaban J connectivity index is 1.86. The largest absolute Gasteiger partial charge is 0.495 e. The molecule has 122 valence electrons. The number of nitrogens with one attached hydrogen (secondary N) is 1. The maximum Gasteiger partial charge on any atom is 0.227 e. The molecule has 0 aromatic heterocycles. The van der Waals surface area contributed by atoms with E-state index >= 15 is 0 Å². The van der Waals surface area contributed by atoms with Crippen LogP contribution < -0.4 is 20.5 Å². The summed E-state index contributed by atoms with van der Waals surface area (Å²) >= 11 is 0. The molecule has 5 heteroatoms. The Bertz CT molecular complexity index is 699. The van der Waals surface area contributed by atoms with Crippen LogP contribution in [0.3, 0.4) is 0 Å². The van der Waals surface area contributed by atoms with E-state index in [1.807, 2.05) is 32.0 Å². The number of hydrogen-bond donors (Lipinski definition) is 2. The number of hydrogen-bond acceptors (Lipinski definition) is 4. The van der Waals surface area contributed by atoms with Gasteiger partial charge in [0.15, 0.2) is 0 Å². The van der Waals surface area contributed by atoms with Gasteiger partial charge < -0.3 is 20.5 Å². The maximum atomic E-state index is 12.0. The van der Waals surface area contributed by atoms with Crippen LogP contribution in [0.15, 0.2) is 36.4 Å². The van der Waals surface area contributed by atoms with Gasteiger partial charge in [0.2, 0.25) is 5.91 Å². The first-order chi connectivity index (χ1) is 11.0. The molecule has 3 N–H and O–H groups in total. The van der Waals surface area contributed by atoms with E-state index in [0.717, 1.165) is 11.3 Å². The molecule has 0 aliphatic carbocycles. The molecule has 0 radical (unpaired) electrons. The maximum absolute atomic E-state index is 12.0. The summed E-state index contributed by atoms with van der Waals surface area (Å²) in [7, 11) is 1.55. The van der Waals surface area contributed by atoms with Crippen LogP contribution in [-0.4, -0.2) is 19.6 Å². The smallest absolute Gasteiger partial charge is 0.227 e. The number of carbonyl (C=O) groups is 1. The molecule has 0 spiro atoms. The van der Waals surface area contributed by atoms with Crippen molar-refractivity contribution >= 4 is 17.3 Å². The number of anilines is 2. The second-order valence-corrected chi connectivity index (χ2v) is 5.30. The highest BCUT2D eigenvalue weighted by Gasteiger charge is 2.07. The molecule has 0 unspecified atom stereocenters. The molecule has 0 atom stereocenters. The summed E-state index contributed by atoms with van der Waals surface area (Å²) in [5, 5.41) is 2.79. The predicted molar refractivity (Wildman–Crippen MR) is 92.1 cm³/mol. The van der Waals surface area contributed by atoms with Crippen LogP contribution in [0.1, 0.15) is 17.5 Å². The first-order valence-corrected chi connectivity index (χ1v) is 7.43. The molecule has 23 heavy (non-hydrogen) atoms. The van der Waals surface area contributed by atoms with Crippen LogP contribution >= 0.6 is 0 Å². The lowest BCUT2D eigenvalue weighted by Gasteiger charge is -2.11. The van der Waals surface area contributed by atoms with Crippen molar-refractivity contribution < 1.29 is 14.3 Å². The lowest BCUT2D eigenvalue weighted by Crippen LogP contribution is -2.15. The monoisotopic (exact) mass is 314 g/mol. The molecule has 0 aliphatic rings. The van der Waals surface area contributed by atoms with Crippen molar-refractivity contribution in [3.05, 3.63) is 47.5 Å². The molecular formula is C18H22N2O3. The first kappa shape index (κ1) is 16.7. The number of ether oxygens (including phenoxy) is 2. The number of methoxy groups -OCH3 is 1. The van der Waals surface area contributed by atoms with Gasteiger partial charge >= 0.3 is 0 Å². The van der Waals surface area contributed by atoms with E-state index in [9.17, 15) is 4.79 Å². The average molecular weight is 314 g/mol. The molecule has 0 heterocycles. The molecule has 0 bridgehead atoms. The standard InChI is InChI=1S/C18H22N2O3/c1-12-5-4-6-16(13(12)2)23-10-9-18(21)20-14-7-8-17(22-3)15(19)11-14/h4-8,11H,9-10,19H2,1-3H3,(H,20,21). The summed E-state index contributed by atoms with van der Waals surface area (Å²) in [6.07, 6.45) is 0.263. The second kappa shape index (κ2) is 7.54. The van der Waals surface area contributed by atoms with E-state index in [2.05, 4.69) is 5.32 Å². The van der Waals surface area contributed by atoms with Gasteiger partial charge in [0, 0.05) is 5.69 Å². The Morgan fingerprint density at radius 2 is 1.96 bits per heavy atom. The minimum absolute atomic E-state index is 0.125. The van der Waals surface area contributed by atoms with Gasteiger partial charge in [-0.1, -0.05) is 12.1 Å².